The number of aldehydes is 1. The molecule has 1 heterocycles. The summed E-state index contributed by atoms with van der Waals surface area (Å²) in [5.74, 6) is -0.967. The molecule has 1 aliphatic carbocycles. The van der Waals surface area contributed by atoms with E-state index in [-0.39, 0.29) is 6.61 Å². The van der Waals surface area contributed by atoms with Gasteiger partial charge in [0.15, 0.2) is 11.4 Å². The fraction of sp³-hybridized carbons (Fsp3) is 0.846. The molecule has 108 valence electrons. The molecule has 1 aliphatic heterocycles. The monoisotopic (exact) mass is 272 g/mol. The molecule has 0 aromatic rings. The minimum atomic E-state index is -1.03. The Bertz CT molecular complexity index is 324. The zero-order valence-electron chi connectivity index (χ0n) is 11.2. The molecule has 2 rings (SSSR count). The van der Waals surface area contributed by atoms with E-state index in [9.17, 15) is 9.59 Å². The second kappa shape index (κ2) is 5.98. The van der Waals surface area contributed by atoms with Gasteiger partial charge in [0.25, 0.3) is 0 Å². The van der Waals surface area contributed by atoms with Gasteiger partial charge in [-0.15, -0.1) is 0 Å². The Balaban J connectivity index is 2.03. The van der Waals surface area contributed by atoms with Gasteiger partial charge in [0.05, 0.1) is 19.8 Å². The summed E-state index contributed by atoms with van der Waals surface area (Å²) in [6.45, 7) is 3.11. The van der Waals surface area contributed by atoms with E-state index < -0.39 is 17.4 Å². The standard InChI is InChI=1S/C13H20O6/c1-2-16-11(15)12(17-8-7-14)3-5-13(6-4-12)18-9-10-19-13/h7H,2-6,8-10H2,1H3. The molecule has 6 nitrogen and oxygen atoms in total. The highest BCUT2D eigenvalue weighted by atomic mass is 16.7. The lowest BCUT2D eigenvalue weighted by Gasteiger charge is -2.41. The zero-order chi connectivity index (χ0) is 13.8. The Morgan fingerprint density at radius 1 is 1.21 bits per heavy atom. The third-order valence-corrected chi connectivity index (χ3v) is 3.71. The van der Waals surface area contributed by atoms with E-state index in [2.05, 4.69) is 0 Å². The lowest BCUT2D eigenvalue weighted by atomic mass is 9.81. The highest BCUT2D eigenvalue weighted by molar-refractivity contribution is 5.80. The molecule has 1 spiro atoms. The summed E-state index contributed by atoms with van der Waals surface area (Å²) < 4.78 is 21.8. The van der Waals surface area contributed by atoms with Crippen LogP contribution in [0.1, 0.15) is 32.6 Å². The molecule has 19 heavy (non-hydrogen) atoms. The van der Waals surface area contributed by atoms with E-state index in [4.69, 9.17) is 18.9 Å². The van der Waals surface area contributed by atoms with E-state index in [1.807, 2.05) is 0 Å². The van der Waals surface area contributed by atoms with Crippen LogP contribution in [-0.4, -0.2) is 50.1 Å². The van der Waals surface area contributed by atoms with E-state index in [0.29, 0.717) is 51.8 Å². The summed E-state index contributed by atoms with van der Waals surface area (Å²) in [6, 6.07) is 0. The van der Waals surface area contributed by atoms with Gasteiger partial charge < -0.3 is 23.7 Å². The Labute approximate surface area is 112 Å². The molecule has 6 heteroatoms. The number of hydrogen-bond acceptors (Lipinski definition) is 6. The van der Waals surface area contributed by atoms with Crippen LogP contribution in [0.4, 0.5) is 0 Å². The highest BCUT2D eigenvalue weighted by Gasteiger charge is 2.51. The average molecular weight is 272 g/mol. The Morgan fingerprint density at radius 3 is 2.37 bits per heavy atom. The SMILES string of the molecule is CCOC(=O)C1(OCC=O)CCC2(CC1)OCCO2. The maximum atomic E-state index is 12.1. The number of hydrogen-bond donors (Lipinski definition) is 0. The van der Waals surface area contributed by atoms with Crippen LogP contribution in [0.5, 0.6) is 0 Å². The second-order valence-corrected chi connectivity index (χ2v) is 4.80. The van der Waals surface area contributed by atoms with Crippen LogP contribution < -0.4 is 0 Å². The first-order valence-corrected chi connectivity index (χ1v) is 6.69. The first-order chi connectivity index (χ1) is 9.16. The summed E-state index contributed by atoms with van der Waals surface area (Å²) in [5, 5.41) is 0. The van der Waals surface area contributed by atoms with E-state index in [1.54, 1.807) is 6.92 Å². The van der Waals surface area contributed by atoms with Crippen LogP contribution in [0.3, 0.4) is 0 Å². The maximum absolute atomic E-state index is 12.1. The predicted molar refractivity (Wildman–Crippen MR) is 64.5 cm³/mol. The fourth-order valence-corrected chi connectivity index (χ4v) is 2.68. The second-order valence-electron chi connectivity index (χ2n) is 4.80. The summed E-state index contributed by atoms with van der Waals surface area (Å²) in [6.07, 6.45) is 2.68. The van der Waals surface area contributed by atoms with Crippen molar-refractivity contribution in [2.45, 2.75) is 44.0 Å². The maximum Gasteiger partial charge on any atom is 0.338 e. The molecule has 0 atom stereocenters. The van der Waals surface area contributed by atoms with Gasteiger partial charge in [-0.1, -0.05) is 0 Å². The number of esters is 1. The zero-order valence-corrected chi connectivity index (χ0v) is 11.2. The van der Waals surface area contributed by atoms with Crippen molar-refractivity contribution in [2.24, 2.45) is 0 Å². The normalized spacial score (nSPS) is 24.3. The lowest BCUT2D eigenvalue weighted by molar-refractivity contribution is -0.218. The van der Waals surface area contributed by atoms with Crippen LogP contribution in [0.2, 0.25) is 0 Å². The summed E-state index contributed by atoms with van der Waals surface area (Å²) in [5.41, 5.74) is -1.03. The summed E-state index contributed by atoms with van der Waals surface area (Å²) >= 11 is 0. The number of rotatable bonds is 5. The largest absolute Gasteiger partial charge is 0.464 e. The average Bonchev–Trinajstić information content (AvgIpc) is 2.88. The van der Waals surface area contributed by atoms with Gasteiger partial charge in [0, 0.05) is 12.8 Å². The molecular weight excluding hydrogens is 252 g/mol. The van der Waals surface area contributed by atoms with Crippen LogP contribution >= 0.6 is 0 Å². The van der Waals surface area contributed by atoms with Crippen molar-refractivity contribution in [1.29, 1.82) is 0 Å². The summed E-state index contributed by atoms with van der Waals surface area (Å²) in [7, 11) is 0. The van der Waals surface area contributed by atoms with Crippen molar-refractivity contribution in [2.75, 3.05) is 26.4 Å². The van der Waals surface area contributed by atoms with Crippen molar-refractivity contribution in [3.05, 3.63) is 0 Å². The molecule has 1 saturated carbocycles. The molecule has 0 aromatic heterocycles. The van der Waals surface area contributed by atoms with Crippen LogP contribution in [0.25, 0.3) is 0 Å². The van der Waals surface area contributed by atoms with Crippen molar-refractivity contribution < 1.29 is 28.5 Å². The quantitative estimate of drug-likeness (QED) is 0.545. The number of carbonyl (C=O) groups is 2. The van der Waals surface area contributed by atoms with Crippen molar-refractivity contribution >= 4 is 12.3 Å². The van der Waals surface area contributed by atoms with Crippen molar-refractivity contribution in [1.82, 2.24) is 0 Å². The van der Waals surface area contributed by atoms with Crippen molar-refractivity contribution in [3.8, 4) is 0 Å². The molecule has 0 unspecified atom stereocenters. The van der Waals surface area contributed by atoms with Crippen LogP contribution in [0.15, 0.2) is 0 Å². The molecule has 2 fully saturated rings. The van der Waals surface area contributed by atoms with Crippen molar-refractivity contribution in [3.63, 3.8) is 0 Å². The van der Waals surface area contributed by atoms with Gasteiger partial charge in [-0.25, -0.2) is 4.79 Å². The number of ether oxygens (including phenoxy) is 4. The lowest BCUT2D eigenvalue weighted by Crippen LogP contribution is -2.51. The third kappa shape index (κ3) is 2.96. The molecule has 2 aliphatic rings. The third-order valence-electron chi connectivity index (χ3n) is 3.71. The molecule has 0 radical (unpaired) electrons. The van der Waals surface area contributed by atoms with Gasteiger partial charge in [0.2, 0.25) is 0 Å². The van der Waals surface area contributed by atoms with Gasteiger partial charge >= 0.3 is 5.97 Å². The minimum Gasteiger partial charge on any atom is -0.464 e. The van der Waals surface area contributed by atoms with E-state index in [1.165, 1.54) is 0 Å². The van der Waals surface area contributed by atoms with Gasteiger partial charge in [-0.05, 0) is 19.8 Å². The van der Waals surface area contributed by atoms with Gasteiger partial charge in [-0.2, -0.15) is 0 Å². The first-order valence-electron chi connectivity index (χ1n) is 6.69. The van der Waals surface area contributed by atoms with Crippen LogP contribution in [0, 0.1) is 0 Å². The summed E-state index contributed by atoms with van der Waals surface area (Å²) in [4.78, 5) is 22.6. The smallest absolute Gasteiger partial charge is 0.338 e. The first kappa shape index (κ1) is 14.4. The molecule has 1 saturated heterocycles. The van der Waals surface area contributed by atoms with E-state index >= 15 is 0 Å². The molecule has 0 amide bonds. The molecular formula is C13H20O6. The number of carbonyl (C=O) groups excluding carboxylic acids is 2. The Hall–Kier alpha value is -0.980. The topological polar surface area (TPSA) is 71.1 Å². The Kier molecular flexibility index (Phi) is 4.54. The molecule has 0 aromatic carbocycles. The van der Waals surface area contributed by atoms with Gasteiger partial charge in [0.1, 0.15) is 12.9 Å². The minimum absolute atomic E-state index is 0.104. The van der Waals surface area contributed by atoms with Crippen LogP contribution in [-0.2, 0) is 28.5 Å². The molecule has 0 N–H and O–H groups in total. The van der Waals surface area contributed by atoms with Gasteiger partial charge in [-0.3, -0.25) is 0 Å². The Morgan fingerprint density at radius 2 is 1.84 bits per heavy atom. The molecule has 0 bridgehead atoms. The predicted octanol–water partition coefficient (Wildman–Crippen LogP) is 0.821. The fourth-order valence-electron chi connectivity index (χ4n) is 2.68. The highest BCUT2D eigenvalue weighted by Crippen LogP contribution is 2.42. The van der Waals surface area contributed by atoms with E-state index in [0.717, 1.165) is 0 Å².